The van der Waals surface area contributed by atoms with Crippen molar-refractivity contribution in [1.82, 2.24) is 9.38 Å². The first-order chi connectivity index (χ1) is 16.9. The summed E-state index contributed by atoms with van der Waals surface area (Å²) in [6.07, 6.45) is 1.73. The number of fused-ring (bicyclic) bond motifs is 3. The Morgan fingerprint density at radius 1 is 1.11 bits per heavy atom. The molecule has 9 nitrogen and oxygen atoms in total. The van der Waals surface area contributed by atoms with E-state index in [1.54, 1.807) is 35.6 Å². The van der Waals surface area contributed by atoms with Gasteiger partial charge in [0.15, 0.2) is 16.5 Å². The van der Waals surface area contributed by atoms with Gasteiger partial charge in [0, 0.05) is 12.1 Å². The van der Waals surface area contributed by atoms with Gasteiger partial charge in [-0.15, -0.1) is 0 Å². The number of imidazole rings is 1. The Morgan fingerprint density at radius 3 is 2.74 bits per heavy atom. The Balaban J connectivity index is 1.49. The minimum atomic E-state index is -0.750. The molecule has 0 aliphatic rings. The number of hydrogen-bond acceptors (Lipinski definition) is 8. The second-order valence-corrected chi connectivity index (χ2v) is 8.48. The third-order valence-electron chi connectivity index (χ3n) is 5.21. The first-order valence-electron chi connectivity index (χ1n) is 10.6. The summed E-state index contributed by atoms with van der Waals surface area (Å²) >= 11 is 1.28. The predicted octanol–water partition coefficient (Wildman–Crippen LogP) is 3.98. The normalized spacial score (nSPS) is 11.7. The average molecular weight is 487 g/mol. The van der Waals surface area contributed by atoms with E-state index in [0.29, 0.717) is 27.4 Å². The maximum atomic E-state index is 13.0. The molecule has 0 spiro atoms. The van der Waals surface area contributed by atoms with Crippen molar-refractivity contribution < 1.29 is 19.2 Å². The summed E-state index contributed by atoms with van der Waals surface area (Å²) in [7, 11) is 0. The van der Waals surface area contributed by atoms with E-state index in [9.17, 15) is 19.7 Å². The lowest BCUT2D eigenvalue weighted by atomic mass is 10.2. The number of nitrogens with zero attached hydrogens (tertiary/aromatic N) is 3. The lowest BCUT2D eigenvalue weighted by Gasteiger charge is -2.11. The minimum absolute atomic E-state index is 0.0439. The molecule has 0 saturated carbocycles. The molecule has 5 rings (SSSR count). The molecule has 0 radical (unpaired) electrons. The van der Waals surface area contributed by atoms with Gasteiger partial charge in [0.1, 0.15) is 0 Å². The van der Waals surface area contributed by atoms with Gasteiger partial charge in [-0.3, -0.25) is 14.9 Å². The van der Waals surface area contributed by atoms with Crippen LogP contribution in [0.3, 0.4) is 0 Å². The maximum absolute atomic E-state index is 13.0. The number of thiazole rings is 1. The molecule has 3 aromatic carbocycles. The van der Waals surface area contributed by atoms with E-state index < -0.39 is 10.9 Å². The topological polar surface area (TPSA) is 113 Å². The van der Waals surface area contributed by atoms with Crippen molar-refractivity contribution in [2.45, 2.75) is 6.92 Å². The Morgan fingerprint density at radius 2 is 1.94 bits per heavy atom. The van der Waals surface area contributed by atoms with E-state index in [1.165, 1.54) is 29.5 Å². The van der Waals surface area contributed by atoms with Crippen LogP contribution in [0.1, 0.15) is 22.8 Å². The van der Waals surface area contributed by atoms with Crippen LogP contribution >= 0.6 is 11.3 Å². The highest BCUT2D eigenvalue weighted by atomic mass is 32.1. The number of aromatic nitrogens is 2. The molecule has 5 aromatic rings. The Bertz CT molecular complexity index is 1720. The number of carbonyl (C=O) groups is 1. The van der Waals surface area contributed by atoms with Crippen LogP contribution in [0.4, 0.5) is 5.69 Å². The van der Waals surface area contributed by atoms with Crippen molar-refractivity contribution in [3.05, 3.63) is 103 Å². The molecule has 10 heteroatoms. The summed E-state index contributed by atoms with van der Waals surface area (Å²) in [5, 5.41) is 11.0. The van der Waals surface area contributed by atoms with Gasteiger partial charge in [-0.1, -0.05) is 35.6 Å². The molecule has 0 amide bonds. The molecular formula is C25H17N3O6S. The van der Waals surface area contributed by atoms with Crippen LogP contribution in [0, 0.1) is 10.1 Å². The molecule has 0 saturated heterocycles. The molecule has 0 aliphatic heterocycles. The summed E-state index contributed by atoms with van der Waals surface area (Å²) < 4.78 is 13.2. The van der Waals surface area contributed by atoms with Crippen molar-refractivity contribution in [3.63, 3.8) is 0 Å². The average Bonchev–Trinajstić information content (AvgIpc) is 3.36. The van der Waals surface area contributed by atoms with E-state index in [0.717, 1.165) is 17.1 Å². The summed E-state index contributed by atoms with van der Waals surface area (Å²) in [6, 6.07) is 17.7. The molecule has 2 aromatic heterocycles. The number of nitro benzene ring substituents is 1. The van der Waals surface area contributed by atoms with E-state index in [4.69, 9.17) is 9.47 Å². The number of carbonyl (C=O) groups excluding carboxylic acids is 1. The molecule has 0 atom stereocenters. The molecule has 0 fully saturated rings. The number of ether oxygens (including phenoxy) is 2. The zero-order valence-corrected chi connectivity index (χ0v) is 19.2. The molecule has 0 aliphatic carbocycles. The highest BCUT2D eigenvalue weighted by Gasteiger charge is 2.16. The lowest BCUT2D eigenvalue weighted by Crippen LogP contribution is -2.22. The maximum Gasteiger partial charge on any atom is 0.343 e. The summed E-state index contributed by atoms with van der Waals surface area (Å²) in [5.74, 6) is -0.284. The van der Waals surface area contributed by atoms with Gasteiger partial charge in [-0.25, -0.2) is 14.2 Å². The third-order valence-corrected chi connectivity index (χ3v) is 6.17. The van der Waals surface area contributed by atoms with Crippen molar-refractivity contribution >= 4 is 45.1 Å². The number of esters is 1. The van der Waals surface area contributed by atoms with Crippen molar-refractivity contribution in [1.29, 1.82) is 0 Å². The third kappa shape index (κ3) is 4.22. The van der Waals surface area contributed by atoms with Crippen LogP contribution in [-0.4, -0.2) is 26.9 Å². The van der Waals surface area contributed by atoms with Gasteiger partial charge in [0.05, 0.1) is 32.7 Å². The quantitative estimate of drug-likeness (QED) is 0.154. The van der Waals surface area contributed by atoms with Crippen LogP contribution in [0.2, 0.25) is 0 Å². The summed E-state index contributed by atoms with van der Waals surface area (Å²) in [5.41, 5.74) is 1.85. The van der Waals surface area contributed by atoms with Crippen LogP contribution < -0.4 is 19.6 Å². The fourth-order valence-electron chi connectivity index (χ4n) is 3.64. The van der Waals surface area contributed by atoms with Gasteiger partial charge in [0.25, 0.3) is 11.2 Å². The summed E-state index contributed by atoms with van der Waals surface area (Å²) in [4.78, 5) is 41.1. The lowest BCUT2D eigenvalue weighted by molar-refractivity contribution is -0.384. The molecule has 174 valence electrons. The van der Waals surface area contributed by atoms with Gasteiger partial charge in [0.2, 0.25) is 0 Å². The Kier molecular flexibility index (Phi) is 5.71. The number of non-ortho nitro benzene ring substituents is 1. The van der Waals surface area contributed by atoms with Crippen molar-refractivity contribution in [2.75, 3.05) is 6.61 Å². The fourth-order valence-corrected chi connectivity index (χ4v) is 4.62. The predicted molar refractivity (Wildman–Crippen MR) is 131 cm³/mol. The highest BCUT2D eigenvalue weighted by Crippen LogP contribution is 2.30. The number of nitro groups is 1. The fraction of sp³-hybridized carbons (Fsp3) is 0.0800. The van der Waals surface area contributed by atoms with Crippen LogP contribution in [0.25, 0.3) is 22.1 Å². The Hall–Kier alpha value is -4.57. The van der Waals surface area contributed by atoms with E-state index in [1.807, 2.05) is 24.3 Å². The van der Waals surface area contributed by atoms with Gasteiger partial charge in [-0.05, 0) is 48.9 Å². The molecular weight excluding hydrogens is 470 g/mol. The van der Waals surface area contributed by atoms with Crippen LogP contribution in [-0.2, 0) is 0 Å². The largest absolute Gasteiger partial charge is 0.490 e. The van der Waals surface area contributed by atoms with Gasteiger partial charge >= 0.3 is 5.97 Å². The van der Waals surface area contributed by atoms with Gasteiger partial charge < -0.3 is 9.47 Å². The zero-order chi connectivity index (χ0) is 24.5. The van der Waals surface area contributed by atoms with E-state index in [2.05, 4.69) is 4.98 Å². The van der Waals surface area contributed by atoms with E-state index >= 15 is 0 Å². The summed E-state index contributed by atoms with van der Waals surface area (Å²) in [6.45, 7) is 2.11. The minimum Gasteiger partial charge on any atom is -0.490 e. The van der Waals surface area contributed by atoms with Gasteiger partial charge in [-0.2, -0.15) is 0 Å². The van der Waals surface area contributed by atoms with Crippen LogP contribution in [0.15, 0.2) is 71.5 Å². The molecule has 35 heavy (non-hydrogen) atoms. The van der Waals surface area contributed by atoms with Crippen molar-refractivity contribution in [3.8, 4) is 11.5 Å². The number of benzene rings is 3. The van der Waals surface area contributed by atoms with Crippen molar-refractivity contribution in [2.24, 2.45) is 0 Å². The number of para-hydroxylation sites is 2. The Labute approximate surface area is 201 Å². The standard InChI is InChI=1S/C25H17N3O6S/c1-2-33-21-12-15(10-11-20(21)34-24(30)16-6-5-7-17(14-16)28(31)32)13-22-23(29)27-19-9-4-3-8-18(19)26-25(27)35-22/h3-14H,2H2,1H3. The number of hydrogen-bond donors (Lipinski definition) is 0. The molecule has 0 bridgehead atoms. The second kappa shape index (κ2) is 8.99. The monoisotopic (exact) mass is 487 g/mol. The number of rotatable bonds is 6. The first kappa shape index (κ1) is 22.2. The zero-order valence-electron chi connectivity index (χ0n) is 18.3. The molecule has 0 unspecified atom stereocenters. The first-order valence-corrected chi connectivity index (χ1v) is 11.4. The second-order valence-electron chi connectivity index (χ2n) is 7.47. The molecule has 2 heterocycles. The molecule has 0 N–H and O–H groups in total. The smallest absolute Gasteiger partial charge is 0.343 e. The van der Waals surface area contributed by atoms with E-state index in [-0.39, 0.29) is 22.6 Å². The van der Waals surface area contributed by atoms with Crippen LogP contribution in [0.5, 0.6) is 11.5 Å². The highest BCUT2D eigenvalue weighted by molar-refractivity contribution is 7.15. The SMILES string of the molecule is CCOc1cc(C=c2sc3nc4ccccc4n3c2=O)ccc1OC(=O)c1cccc([N+](=O)[O-])c1.